The zero-order valence-electron chi connectivity index (χ0n) is 6.02. The van der Waals surface area contributed by atoms with E-state index in [1.54, 1.807) is 6.07 Å². The molecule has 0 bridgehead atoms. The Kier molecular flexibility index (Phi) is 1.06. The van der Waals surface area contributed by atoms with Crippen LogP contribution in [-0.2, 0) is 0 Å². The number of hydrogen-bond donors (Lipinski definition) is 1. The summed E-state index contributed by atoms with van der Waals surface area (Å²) in [6.45, 7) is 1.87. The van der Waals surface area contributed by atoms with E-state index >= 15 is 0 Å². The highest BCUT2D eigenvalue weighted by atomic mass is 15.3. The third kappa shape index (κ3) is 0.813. The van der Waals surface area contributed by atoms with E-state index in [-0.39, 0.29) is 0 Å². The molecule has 0 aliphatic carbocycles. The summed E-state index contributed by atoms with van der Waals surface area (Å²) in [5, 5.41) is 3.88. The van der Waals surface area contributed by atoms with E-state index in [1.807, 2.05) is 6.92 Å². The Hall–Kier alpha value is -1.65. The van der Waals surface area contributed by atoms with Crippen molar-refractivity contribution in [1.82, 2.24) is 19.6 Å². The number of fused-ring (bicyclic) bond motifs is 1. The third-order valence-corrected chi connectivity index (χ3v) is 1.41. The van der Waals surface area contributed by atoms with Crippen LogP contribution in [0.1, 0.15) is 5.69 Å². The first-order valence-corrected chi connectivity index (χ1v) is 3.20. The highest BCUT2D eigenvalue weighted by Gasteiger charge is 1.99. The minimum Gasteiger partial charge on any atom is -0.383 e. The number of anilines is 1. The number of nitrogens with zero attached hydrogens (tertiary/aromatic N) is 4. The van der Waals surface area contributed by atoms with Crippen molar-refractivity contribution in [2.45, 2.75) is 6.92 Å². The SMILES string of the molecule is Cc1cc(N)n2ncnc2n1. The first kappa shape index (κ1) is 6.09. The largest absolute Gasteiger partial charge is 0.383 e. The van der Waals surface area contributed by atoms with Gasteiger partial charge < -0.3 is 5.73 Å². The molecule has 0 unspecified atom stereocenters. The number of aryl methyl sites for hydroxylation is 1. The molecule has 0 spiro atoms. The van der Waals surface area contributed by atoms with Crippen LogP contribution in [0.5, 0.6) is 0 Å². The van der Waals surface area contributed by atoms with Crippen LogP contribution < -0.4 is 5.73 Å². The molecule has 2 aromatic heterocycles. The Balaban J connectivity index is 2.91. The van der Waals surface area contributed by atoms with E-state index in [1.165, 1.54) is 10.8 Å². The van der Waals surface area contributed by atoms with Gasteiger partial charge in [0.25, 0.3) is 5.78 Å². The maximum Gasteiger partial charge on any atom is 0.254 e. The molecule has 5 heteroatoms. The molecule has 0 radical (unpaired) electrons. The lowest BCUT2D eigenvalue weighted by atomic mass is 10.4. The summed E-state index contributed by atoms with van der Waals surface area (Å²) in [6, 6.07) is 1.75. The van der Waals surface area contributed by atoms with Crippen molar-refractivity contribution in [2.24, 2.45) is 0 Å². The molecule has 0 aliphatic heterocycles. The molecule has 2 heterocycles. The summed E-state index contributed by atoms with van der Waals surface area (Å²) in [6.07, 6.45) is 1.43. The van der Waals surface area contributed by atoms with Crippen molar-refractivity contribution in [2.75, 3.05) is 5.73 Å². The first-order valence-electron chi connectivity index (χ1n) is 3.20. The van der Waals surface area contributed by atoms with Gasteiger partial charge in [-0.1, -0.05) is 0 Å². The number of nitrogen functional groups attached to an aromatic ring is 1. The predicted molar refractivity (Wildman–Crippen MR) is 39.9 cm³/mol. The average molecular weight is 149 g/mol. The van der Waals surface area contributed by atoms with E-state index in [4.69, 9.17) is 5.73 Å². The van der Waals surface area contributed by atoms with Gasteiger partial charge in [0.1, 0.15) is 12.1 Å². The molecule has 2 rings (SSSR count). The van der Waals surface area contributed by atoms with Crippen LogP contribution >= 0.6 is 0 Å². The van der Waals surface area contributed by atoms with Gasteiger partial charge in [-0.3, -0.25) is 0 Å². The highest BCUT2D eigenvalue weighted by molar-refractivity contribution is 5.40. The quantitative estimate of drug-likeness (QED) is 0.573. The van der Waals surface area contributed by atoms with Gasteiger partial charge >= 0.3 is 0 Å². The van der Waals surface area contributed by atoms with E-state index in [2.05, 4.69) is 15.1 Å². The van der Waals surface area contributed by atoms with E-state index in [0.717, 1.165) is 5.69 Å². The topological polar surface area (TPSA) is 69.1 Å². The molecule has 0 aliphatic rings. The third-order valence-electron chi connectivity index (χ3n) is 1.41. The molecule has 11 heavy (non-hydrogen) atoms. The van der Waals surface area contributed by atoms with Gasteiger partial charge in [-0.15, -0.1) is 0 Å². The fourth-order valence-electron chi connectivity index (χ4n) is 0.959. The fourth-order valence-corrected chi connectivity index (χ4v) is 0.959. The molecule has 0 atom stereocenters. The molecule has 2 N–H and O–H groups in total. The molecular formula is C6H7N5. The second-order valence-corrected chi connectivity index (χ2v) is 2.29. The minimum atomic E-state index is 0.544. The fraction of sp³-hybridized carbons (Fsp3) is 0.167. The molecule has 0 amide bonds. The summed E-state index contributed by atoms with van der Waals surface area (Å²) in [5.41, 5.74) is 6.47. The van der Waals surface area contributed by atoms with Crippen molar-refractivity contribution in [3.8, 4) is 0 Å². The van der Waals surface area contributed by atoms with Gasteiger partial charge in [0.2, 0.25) is 0 Å². The van der Waals surface area contributed by atoms with Crippen LogP contribution in [0.2, 0.25) is 0 Å². The van der Waals surface area contributed by atoms with Gasteiger partial charge in [-0.2, -0.15) is 14.6 Å². The molecule has 56 valence electrons. The van der Waals surface area contributed by atoms with Gasteiger partial charge in [-0.05, 0) is 6.92 Å². The maximum atomic E-state index is 5.62. The summed E-state index contributed by atoms with van der Waals surface area (Å²) in [4.78, 5) is 8.01. The Morgan fingerprint density at radius 1 is 1.55 bits per heavy atom. The average Bonchev–Trinajstić information content (AvgIpc) is 2.34. The molecule has 0 aromatic carbocycles. The van der Waals surface area contributed by atoms with Crippen molar-refractivity contribution >= 4 is 11.6 Å². The monoisotopic (exact) mass is 149 g/mol. The Morgan fingerprint density at radius 3 is 3.18 bits per heavy atom. The predicted octanol–water partition coefficient (Wildman–Crippen LogP) is 0.0149. The molecular weight excluding hydrogens is 142 g/mol. The van der Waals surface area contributed by atoms with Gasteiger partial charge in [0, 0.05) is 11.8 Å². The summed E-state index contributed by atoms with van der Waals surface area (Å²) in [7, 11) is 0. The smallest absolute Gasteiger partial charge is 0.254 e. The van der Waals surface area contributed by atoms with Gasteiger partial charge in [-0.25, -0.2) is 4.98 Å². The second-order valence-electron chi connectivity index (χ2n) is 2.29. The minimum absolute atomic E-state index is 0.544. The Morgan fingerprint density at radius 2 is 2.36 bits per heavy atom. The normalized spacial score (nSPS) is 10.6. The zero-order valence-corrected chi connectivity index (χ0v) is 6.02. The summed E-state index contributed by atoms with van der Waals surface area (Å²) in [5.74, 6) is 1.10. The summed E-state index contributed by atoms with van der Waals surface area (Å²) < 4.78 is 1.49. The lowest BCUT2D eigenvalue weighted by Gasteiger charge is -1.96. The molecule has 2 aromatic rings. The Bertz CT molecular complexity index is 391. The van der Waals surface area contributed by atoms with Crippen LogP contribution in [-0.4, -0.2) is 19.6 Å². The van der Waals surface area contributed by atoms with E-state index in [0.29, 0.717) is 11.6 Å². The van der Waals surface area contributed by atoms with Crippen molar-refractivity contribution in [1.29, 1.82) is 0 Å². The second kappa shape index (κ2) is 1.91. The highest BCUT2D eigenvalue weighted by Crippen LogP contribution is 2.04. The first-order chi connectivity index (χ1) is 5.27. The number of nitrogens with two attached hydrogens (primary N) is 1. The van der Waals surface area contributed by atoms with Gasteiger partial charge in [0.05, 0.1) is 0 Å². The summed E-state index contributed by atoms with van der Waals surface area (Å²) >= 11 is 0. The van der Waals surface area contributed by atoms with E-state index < -0.39 is 0 Å². The molecule has 0 saturated carbocycles. The lowest BCUT2D eigenvalue weighted by Crippen LogP contribution is -2.00. The number of aromatic nitrogens is 4. The molecule has 0 fully saturated rings. The lowest BCUT2D eigenvalue weighted by molar-refractivity contribution is 0.942. The Labute approximate surface area is 62.9 Å². The van der Waals surface area contributed by atoms with Crippen molar-refractivity contribution in [3.63, 3.8) is 0 Å². The maximum absolute atomic E-state index is 5.62. The zero-order chi connectivity index (χ0) is 7.84. The number of hydrogen-bond acceptors (Lipinski definition) is 4. The molecule has 0 saturated heterocycles. The van der Waals surface area contributed by atoms with Crippen LogP contribution in [0.3, 0.4) is 0 Å². The van der Waals surface area contributed by atoms with Crippen LogP contribution in [0.15, 0.2) is 12.4 Å². The van der Waals surface area contributed by atoms with Crippen LogP contribution in [0.25, 0.3) is 5.78 Å². The van der Waals surface area contributed by atoms with Gasteiger partial charge in [0.15, 0.2) is 0 Å². The van der Waals surface area contributed by atoms with E-state index in [9.17, 15) is 0 Å². The molecule has 5 nitrogen and oxygen atoms in total. The van der Waals surface area contributed by atoms with Crippen molar-refractivity contribution in [3.05, 3.63) is 18.1 Å². The number of rotatable bonds is 0. The van der Waals surface area contributed by atoms with Crippen LogP contribution in [0, 0.1) is 6.92 Å². The van der Waals surface area contributed by atoms with Crippen molar-refractivity contribution < 1.29 is 0 Å². The standard InChI is InChI=1S/C6H7N5/c1-4-2-5(7)11-6(10-4)8-3-9-11/h2-3H,7H2,1H3. The van der Waals surface area contributed by atoms with Crippen LogP contribution in [0.4, 0.5) is 5.82 Å².